The minimum absolute atomic E-state index is 0.0546. The number of amides is 1. The number of benzene rings is 2. The van der Waals surface area contributed by atoms with E-state index in [-0.39, 0.29) is 5.57 Å². The number of carbonyl (C=O) groups excluding carboxylic acids is 1. The summed E-state index contributed by atoms with van der Waals surface area (Å²) in [5, 5.41) is 16.4. The van der Waals surface area contributed by atoms with Crippen molar-refractivity contribution in [3.05, 3.63) is 77.6 Å². The van der Waals surface area contributed by atoms with Gasteiger partial charge in [0.05, 0.1) is 0 Å². The molecule has 3 rings (SSSR count). The molecule has 0 saturated carbocycles. The first kappa shape index (κ1) is 20.2. The zero-order chi connectivity index (χ0) is 20.5. The number of aromatic nitrogens is 1. The molecule has 3 aromatic rings. The van der Waals surface area contributed by atoms with Crippen molar-refractivity contribution in [2.45, 2.75) is 32.6 Å². The summed E-state index contributed by atoms with van der Waals surface area (Å²) in [5.74, 6) is -0.409. The molecule has 1 amide bonds. The highest BCUT2D eigenvalue weighted by molar-refractivity contribution is 6.06. The van der Waals surface area contributed by atoms with Gasteiger partial charge in [-0.25, -0.2) is 0 Å². The van der Waals surface area contributed by atoms with Crippen LogP contribution in [0.25, 0.3) is 10.9 Å². The van der Waals surface area contributed by atoms with E-state index in [0.717, 1.165) is 31.2 Å². The maximum Gasteiger partial charge on any atom is 0.267 e. The zero-order valence-electron chi connectivity index (χ0n) is 16.7. The third-order valence-electron chi connectivity index (χ3n) is 4.86. The summed E-state index contributed by atoms with van der Waals surface area (Å²) in [4.78, 5) is 15.6. The minimum atomic E-state index is -0.409. The molecule has 5 heteroatoms. The topological polar surface area (TPSA) is 80.7 Å². The van der Waals surface area contributed by atoms with Gasteiger partial charge < -0.3 is 15.6 Å². The number of nitrogens with one attached hydrogen (secondary N) is 3. The van der Waals surface area contributed by atoms with Gasteiger partial charge in [0.25, 0.3) is 5.91 Å². The molecule has 0 atom stereocenters. The van der Waals surface area contributed by atoms with Gasteiger partial charge in [-0.3, -0.25) is 4.79 Å². The molecule has 0 spiro atoms. The van der Waals surface area contributed by atoms with E-state index in [2.05, 4.69) is 28.6 Å². The van der Waals surface area contributed by atoms with Crippen molar-refractivity contribution in [2.24, 2.45) is 0 Å². The highest BCUT2D eigenvalue weighted by Crippen LogP contribution is 2.17. The summed E-state index contributed by atoms with van der Waals surface area (Å²) in [5.41, 5.74) is 4.30. The molecule has 29 heavy (non-hydrogen) atoms. The van der Waals surface area contributed by atoms with Crippen molar-refractivity contribution in [1.29, 1.82) is 5.26 Å². The van der Waals surface area contributed by atoms with Gasteiger partial charge in [0, 0.05) is 35.5 Å². The molecular weight excluding hydrogens is 360 g/mol. The second-order valence-corrected chi connectivity index (χ2v) is 6.99. The number of aryl methyl sites for hydroxylation is 1. The molecular formula is C24H26N4O. The van der Waals surface area contributed by atoms with Gasteiger partial charge in [-0.15, -0.1) is 0 Å². The normalized spacial score (nSPS) is 11.2. The van der Waals surface area contributed by atoms with Gasteiger partial charge in [-0.05, 0) is 48.6 Å². The van der Waals surface area contributed by atoms with Gasteiger partial charge in [0.2, 0.25) is 0 Å². The highest BCUT2D eigenvalue weighted by Gasteiger charge is 2.09. The fourth-order valence-electron chi connectivity index (χ4n) is 3.20. The van der Waals surface area contributed by atoms with Crippen LogP contribution in [0.2, 0.25) is 0 Å². The Bertz CT molecular complexity index is 1020. The summed E-state index contributed by atoms with van der Waals surface area (Å²) >= 11 is 0. The van der Waals surface area contributed by atoms with E-state index in [1.54, 1.807) is 0 Å². The molecule has 148 valence electrons. The molecule has 0 saturated heterocycles. The molecule has 0 aliphatic rings. The Morgan fingerprint density at radius 3 is 2.69 bits per heavy atom. The molecule has 0 unspecified atom stereocenters. The van der Waals surface area contributed by atoms with Crippen molar-refractivity contribution >= 4 is 22.5 Å². The van der Waals surface area contributed by atoms with E-state index in [0.29, 0.717) is 12.2 Å². The molecule has 1 aromatic heterocycles. The predicted molar refractivity (Wildman–Crippen MR) is 117 cm³/mol. The molecule has 0 aliphatic carbocycles. The number of H-pyrrole nitrogens is 1. The Morgan fingerprint density at radius 2 is 1.93 bits per heavy atom. The highest BCUT2D eigenvalue weighted by atomic mass is 16.1. The number of nitriles is 1. The SMILES string of the molecule is CCCCc1ccc(NC(=O)/C(C#N)=C\NCCc2c[nH]c3ccccc23)cc1. The van der Waals surface area contributed by atoms with E-state index >= 15 is 0 Å². The van der Waals surface area contributed by atoms with Crippen LogP contribution in [0.15, 0.2) is 66.5 Å². The maximum absolute atomic E-state index is 12.4. The minimum Gasteiger partial charge on any atom is -0.389 e. The first-order chi connectivity index (χ1) is 14.2. The summed E-state index contributed by atoms with van der Waals surface area (Å²) in [7, 11) is 0. The van der Waals surface area contributed by atoms with Crippen LogP contribution in [0.4, 0.5) is 5.69 Å². The molecule has 0 aliphatic heterocycles. The number of anilines is 1. The fraction of sp³-hybridized carbons (Fsp3) is 0.250. The quantitative estimate of drug-likeness (QED) is 0.283. The Labute approximate surface area is 171 Å². The summed E-state index contributed by atoms with van der Waals surface area (Å²) in [6, 6.07) is 17.9. The Kier molecular flexibility index (Phi) is 7.07. The first-order valence-corrected chi connectivity index (χ1v) is 10.00. The van der Waals surface area contributed by atoms with Crippen LogP contribution in [-0.2, 0) is 17.6 Å². The number of hydrogen-bond donors (Lipinski definition) is 3. The van der Waals surface area contributed by atoms with Gasteiger partial charge in [-0.1, -0.05) is 43.7 Å². The van der Waals surface area contributed by atoms with Crippen LogP contribution in [0, 0.1) is 11.3 Å². The molecule has 0 bridgehead atoms. The predicted octanol–water partition coefficient (Wildman–Crippen LogP) is 4.69. The number of fused-ring (bicyclic) bond motifs is 1. The van der Waals surface area contributed by atoms with Crippen LogP contribution >= 0.6 is 0 Å². The third kappa shape index (κ3) is 5.49. The fourth-order valence-corrected chi connectivity index (χ4v) is 3.20. The second-order valence-electron chi connectivity index (χ2n) is 6.99. The Hall–Kier alpha value is -3.52. The van der Waals surface area contributed by atoms with E-state index in [4.69, 9.17) is 0 Å². The van der Waals surface area contributed by atoms with Crippen molar-refractivity contribution in [3.63, 3.8) is 0 Å². The van der Waals surface area contributed by atoms with Gasteiger partial charge in [0.1, 0.15) is 11.6 Å². The largest absolute Gasteiger partial charge is 0.389 e. The second kappa shape index (κ2) is 10.1. The number of hydrogen-bond acceptors (Lipinski definition) is 3. The van der Waals surface area contributed by atoms with Crippen LogP contribution in [0.5, 0.6) is 0 Å². The summed E-state index contributed by atoms with van der Waals surface area (Å²) in [6.07, 6.45) is 7.62. The van der Waals surface area contributed by atoms with Crippen molar-refractivity contribution in [3.8, 4) is 6.07 Å². The van der Waals surface area contributed by atoms with Crippen molar-refractivity contribution in [2.75, 3.05) is 11.9 Å². The number of carbonyl (C=O) groups is 1. The average molecular weight is 386 g/mol. The number of para-hydroxylation sites is 1. The molecule has 5 nitrogen and oxygen atoms in total. The van der Waals surface area contributed by atoms with Gasteiger partial charge in [-0.2, -0.15) is 5.26 Å². The van der Waals surface area contributed by atoms with E-state index in [9.17, 15) is 10.1 Å². The lowest BCUT2D eigenvalue weighted by Crippen LogP contribution is -2.18. The van der Waals surface area contributed by atoms with Gasteiger partial charge >= 0.3 is 0 Å². The zero-order valence-corrected chi connectivity index (χ0v) is 16.7. The smallest absolute Gasteiger partial charge is 0.267 e. The van der Waals surface area contributed by atoms with Crippen LogP contribution in [-0.4, -0.2) is 17.4 Å². The molecule has 0 fully saturated rings. The maximum atomic E-state index is 12.4. The molecule has 1 heterocycles. The summed E-state index contributed by atoms with van der Waals surface area (Å²) in [6.45, 7) is 2.80. The van der Waals surface area contributed by atoms with Crippen LogP contribution in [0.1, 0.15) is 30.9 Å². The van der Waals surface area contributed by atoms with Crippen LogP contribution < -0.4 is 10.6 Å². The van der Waals surface area contributed by atoms with Crippen molar-refractivity contribution < 1.29 is 4.79 Å². The Balaban J connectivity index is 1.52. The van der Waals surface area contributed by atoms with E-state index in [1.165, 1.54) is 22.7 Å². The molecule has 3 N–H and O–H groups in total. The van der Waals surface area contributed by atoms with Crippen molar-refractivity contribution in [1.82, 2.24) is 10.3 Å². The number of nitrogens with zero attached hydrogens (tertiary/aromatic N) is 1. The lowest BCUT2D eigenvalue weighted by molar-refractivity contribution is -0.112. The lowest BCUT2D eigenvalue weighted by atomic mass is 10.1. The van der Waals surface area contributed by atoms with E-state index in [1.807, 2.05) is 54.7 Å². The number of rotatable bonds is 9. The van der Waals surface area contributed by atoms with Gasteiger partial charge in [0.15, 0.2) is 0 Å². The molecule has 0 radical (unpaired) electrons. The number of unbranched alkanes of at least 4 members (excludes halogenated alkanes) is 1. The number of aromatic amines is 1. The monoisotopic (exact) mass is 386 g/mol. The van der Waals surface area contributed by atoms with E-state index < -0.39 is 5.91 Å². The Morgan fingerprint density at radius 1 is 1.14 bits per heavy atom. The first-order valence-electron chi connectivity index (χ1n) is 10.00. The van der Waals surface area contributed by atoms with Crippen LogP contribution in [0.3, 0.4) is 0 Å². The summed E-state index contributed by atoms with van der Waals surface area (Å²) < 4.78 is 0. The standard InChI is InChI=1S/C24H26N4O/c1-2-3-6-18-9-11-21(12-10-18)28-24(29)20(15-25)16-26-14-13-19-17-27-23-8-5-4-7-22(19)23/h4-5,7-12,16-17,26-27H,2-3,6,13-14H2,1H3,(H,28,29)/b20-16-. The molecule has 2 aromatic carbocycles. The third-order valence-corrected chi connectivity index (χ3v) is 4.86. The average Bonchev–Trinajstić information content (AvgIpc) is 3.16. The lowest BCUT2D eigenvalue weighted by Gasteiger charge is -2.06.